The molecule has 16 heavy (non-hydrogen) atoms. The van der Waals surface area contributed by atoms with Crippen molar-refractivity contribution in [3.05, 3.63) is 28.2 Å². The molecule has 0 fully saturated rings. The molecule has 1 atom stereocenters. The Morgan fingerprint density at radius 2 is 2.25 bits per heavy atom. The van der Waals surface area contributed by atoms with Crippen LogP contribution in [0.2, 0.25) is 0 Å². The van der Waals surface area contributed by atoms with Crippen LogP contribution < -0.4 is 4.90 Å². The zero-order valence-corrected chi connectivity index (χ0v) is 11.0. The average molecular weight is 283 g/mol. The number of aliphatic hydroxyl groups excluding tert-OH is 1. The van der Waals surface area contributed by atoms with Crippen molar-refractivity contribution in [1.29, 1.82) is 5.26 Å². The zero-order valence-electron chi connectivity index (χ0n) is 9.44. The lowest BCUT2D eigenvalue weighted by molar-refractivity contribution is 0.282. The molecular formula is C12H15BrN2O. The SMILES string of the molecule is CC(C#N)CN(C)c1ccc(Br)cc1CO. The Morgan fingerprint density at radius 3 is 2.81 bits per heavy atom. The summed E-state index contributed by atoms with van der Waals surface area (Å²) in [7, 11) is 1.93. The minimum absolute atomic E-state index is 0.0000475. The second kappa shape index (κ2) is 5.88. The number of anilines is 1. The fourth-order valence-electron chi connectivity index (χ4n) is 1.60. The van der Waals surface area contributed by atoms with Crippen LogP contribution in [0.25, 0.3) is 0 Å². The van der Waals surface area contributed by atoms with E-state index in [1.165, 1.54) is 0 Å². The molecule has 0 spiro atoms. The topological polar surface area (TPSA) is 47.3 Å². The molecule has 4 heteroatoms. The van der Waals surface area contributed by atoms with Crippen LogP contribution in [0.4, 0.5) is 5.69 Å². The van der Waals surface area contributed by atoms with Gasteiger partial charge >= 0.3 is 0 Å². The van der Waals surface area contributed by atoms with Crippen molar-refractivity contribution in [2.24, 2.45) is 5.92 Å². The summed E-state index contributed by atoms with van der Waals surface area (Å²) < 4.78 is 0.946. The zero-order chi connectivity index (χ0) is 12.1. The van der Waals surface area contributed by atoms with Crippen molar-refractivity contribution >= 4 is 21.6 Å². The van der Waals surface area contributed by atoms with Crippen molar-refractivity contribution < 1.29 is 5.11 Å². The molecule has 0 saturated carbocycles. The molecule has 0 amide bonds. The van der Waals surface area contributed by atoms with E-state index in [9.17, 15) is 5.11 Å². The Kier molecular flexibility index (Phi) is 4.78. The lowest BCUT2D eigenvalue weighted by Crippen LogP contribution is -2.24. The number of nitriles is 1. The number of aliphatic hydroxyl groups is 1. The fraction of sp³-hybridized carbons (Fsp3) is 0.417. The number of hydrogen-bond acceptors (Lipinski definition) is 3. The summed E-state index contributed by atoms with van der Waals surface area (Å²) in [6.45, 7) is 2.54. The molecule has 1 unspecified atom stereocenters. The number of nitrogens with zero attached hydrogens (tertiary/aromatic N) is 2. The summed E-state index contributed by atoms with van der Waals surface area (Å²) in [6.07, 6.45) is 0. The van der Waals surface area contributed by atoms with Crippen LogP contribution in [0.3, 0.4) is 0 Å². The van der Waals surface area contributed by atoms with Crippen molar-refractivity contribution in [1.82, 2.24) is 0 Å². The van der Waals surface area contributed by atoms with E-state index in [0.717, 1.165) is 15.7 Å². The molecule has 1 aromatic carbocycles. The van der Waals surface area contributed by atoms with E-state index in [0.29, 0.717) is 6.54 Å². The Balaban J connectivity index is 2.91. The van der Waals surface area contributed by atoms with Crippen LogP contribution in [0.5, 0.6) is 0 Å². The first kappa shape index (κ1) is 13.0. The lowest BCUT2D eigenvalue weighted by atomic mass is 10.1. The molecule has 0 aliphatic carbocycles. The van der Waals surface area contributed by atoms with Gasteiger partial charge in [0.15, 0.2) is 0 Å². The minimum Gasteiger partial charge on any atom is -0.392 e. The smallest absolute Gasteiger partial charge is 0.0702 e. The predicted octanol–water partition coefficient (Wildman–Crippen LogP) is 2.54. The molecule has 1 N–H and O–H groups in total. The Labute approximate surface area is 104 Å². The summed E-state index contributed by atoms with van der Waals surface area (Å²) >= 11 is 3.37. The predicted molar refractivity (Wildman–Crippen MR) is 68.1 cm³/mol. The molecule has 3 nitrogen and oxygen atoms in total. The third-order valence-corrected chi connectivity index (χ3v) is 2.88. The monoisotopic (exact) mass is 282 g/mol. The van der Waals surface area contributed by atoms with Gasteiger partial charge < -0.3 is 10.0 Å². The number of hydrogen-bond donors (Lipinski definition) is 1. The summed E-state index contributed by atoms with van der Waals surface area (Å²) in [6, 6.07) is 7.97. The third-order valence-electron chi connectivity index (χ3n) is 2.39. The summed E-state index contributed by atoms with van der Waals surface area (Å²) in [5, 5.41) is 18.0. The highest BCUT2D eigenvalue weighted by Gasteiger charge is 2.10. The number of halogens is 1. The first-order chi connectivity index (χ1) is 7.58. The quantitative estimate of drug-likeness (QED) is 0.923. The number of benzene rings is 1. The van der Waals surface area contributed by atoms with Crippen LogP contribution in [0.15, 0.2) is 22.7 Å². The minimum atomic E-state index is -0.0276. The van der Waals surface area contributed by atoms with Crippen LogP contribution >= 0.6 is 15.9 Å². The fourth-order valence-corrected chi connectivity index (χ4v) is 2.01. The van der Waals surface area contributed by atoms with Crippen molar-refractivity contribution in [2.45, 2.75) is 13.5 Å². The normalized spacial score (nSPS) is 11.9. The second-order valence-corrected chi connectivity index (χ2v) is 4.76. The van der Waals surface area contributed by atoms with E-state index >= 15 is 0 Å². The summed E-state index contributed by atoms with van der Waals surface area (Å²) in [5.74, 6) is -0.0276. The van der Waals surface area contributed by atoms with Gasteiger partial charge in [-0.1, -0.05) is 15.9 Å². The third kappa shape index (κ3) is 3.22. The average Bonchev–Trinajstić information content (AvgIpc) is 2.28. The van der Waals surface area contributed by atoms with E-state index in [4.69, 9.17) is 5.26 Å². The maximum atomic E-state index is 9.27. The standard InChI is InChI=1S/C12H15BrN2O/c1-9(6-14)7-15(2)12-4-3-11(13)5-10(12)8-16/h3-5,9,16H,7-8H2,1-2H3. The van der Waals surface area contributed by atoms with E-state index in [2.05, 4.69) is 22.0 Å². The van der Waals surface area contributed by atoms with Crippen LogP contribution in [0, 0.1) is 17.2 Å². The highest BCUT2D eigenvalue weighted by atomic mass is 79.9. The molecule has 0 aliphatic heterocycles. The highest BCUT2D eigenvalue weighted by Crippen LogP contribution is 2.24. The molecule has 0 bridgehead atoms. The molecule has 0 radical (unpaired) electrons. The Hall–Kier alpha value is -1.05. The van der Waals surface area contributed by atoms with Gasteiger partial charge in [-0.3, -0.25) is 0 Å². The van der Waals surface area contributed by atoms with E-state index < -0.39 is 0 Å². The van der Waals surface area contributed by atoms with Gasteiger partial charge in [-0.05, 0) is 25.1 Å². The van der Waals surface area contributed by atoms with E-state index in [1.54, 1.807) is 0 Å². The second-order valence-electron chi connectivity index (χ2n) is 3.84. The maximum Gasteiger partial charge on any atom is 0.0702 e. The summed E-state index contributed by atoms with van der Waals surface area (Å²) in [4.78, 5) is 1.99. The Bertz CT molecular complexity index is 400. The van der Waals surface area contributed by atoms with Gasteiger partial charge in [0.25, 0.3) is 0 Å². The highest BCUT2D eigenvalue weighted by molar-refractivity contribution is 9.10. The van der Waals surface area contributed by atoms with Gasteiger partial charge in [-0.15, -0.1) is 0 Å². The molecule has 0 aromatic heterocycles. The van der Waals surface area contributed by atoms with Gasteiger partial charge in [0.05, 0.1) is 18.6 Å². The van der Waals surface area contributed by atoms with Crippen molar-refractivity contribution in [2.75, 3.05) is 18.5 Å². The largest absolute Gasteiger partial charge is 0.392 e. The summed E-state index contributed by atoms with van der Waals surface area (Å²) in [5.41, 5.74) is 1.83. The molecule has 0 heterocycles. The van der Waals surface area contributed by atoms with Crippen LogP contribution in [-0.4, -0.2) is 18.7 Å². The van der Waals surface area contributed by atoms with Crippen molar-refractivity contribution in [3.8, 4) is 6.07 Å². The maximum absolute atomic E-state index is 9.27. The van der Waals surface area contributed by atoms with Gasteiger partial charge in [0.1, 0.15) is 0 Å². The van der Waals surface area contributed by atoms with Gasteiger partial charge in [0.2, 0.25) is 0 Å². The molecule has 1 rings (SSSR count). The molecule has 1 aromatic rings. The molecule has 0 aliphatic rings. The van der Waals surface area contributed by atoms with Gasteiger partial charge in [-0.2, -0.15) is 5.26 Å². The lowest BCUT2D eigenvalue weighted by Gasteiger charge is -2.23. The van der Waals surface area contributed by atoms with Crippen LogP contribution in [-0.2, 0) is 6.61 Å². The Morgan fingerprint density at radius 1 is 1.56 bits per heavy atom. The van der Waals surface area contributed by atoms with E-state index in [-0.39, 0.29) is 12.5 Å². The van der Waals surface area contributed by atoms with Gasteiger partial charge in [0, 0.05) is 29.3 Å². The van der Waals surface area contributed by atoms with Gasteiger partial charge in [-0.25, -0.2) is 0 Å². The molecular weight excluding hydrogens is 268 g/mol. The molecule has 0 saturated heterocycles. The van der Waals surface area contributed by atoms with E-state index in [1.807, 2.05) is 37.1 Å². The first-order valence-electron chi connectivity index (χ1n) is 5.08. The number of rotatable bonds is 4. The first-order valence-corrected chi connectivity index (χ1v) is 5.87. The van der Waals surface area contributed by atoms with Crippen molar-refractivity contribution in [3.63, 3.8) is 0 Å². The molecule has 86 valence electrons. The van der Waals surface area contributed by atoms with Crippen LogP contribution in [0.1, 0.15) is 12.5 Å².